The number of sulfonamides is 1. The molecule has 28 heavy (non-hydrogen) atoms. The normalized spacial score (nSPS) is 19.8. The third-order valence-electron chi connectivity index (χ3n) is 5.50. The smallest absolute Gasteiger partial charge is 0.293 e. The van der Waals surface area contributed by atoms with E-state index in [2.05, 4.69) is 40.8 Å². The van der Waals surface area contributed by atoms with Crippen LogP contribution < -0.4 is 9.62 Å². The number of aryl methyl sites for hydroxylation is 1. The van der Waals surface area contributed by atoms with Gasteiger partial charge in [-0.25, -0.2) is 13.1 Å². The van der Waals surface area contributed by atoms with Crippen molar-refractivity contribution in [1.29, 1.82) is 0 Å². The van der Waals surface area contributed by atoms with Crippen molar-refractivity contribution in [3.05, 3.63) is 63.7 Å². The van der Waals surface area contributed by atoms with E-state index in [1.54, 1.807) is 6.07 Å². The van der Waals surface area contributed by atoms with E-state index >= 15 is 0 Å². The molecule has 0 amide bonds. The highest BCUT2D eigenvalue weighted by molar-refractivity contribution is 7.89. The van der Waals surface area contributed by atoms with Gasteiger partial charge in [0, 0.05) is 24.6 Å². The summed E-state index contributed by atoms with van der Waals surface area (Å²) in [6.45, 7) is 4.82. The van der Waals surface area contributed by atoms with Gasteiger partial charge in [-0.3, -0.25) is 10.1 Å². The summed E-state index contributed by atoms with van der Waals surface area (Å²) >= 11 is 0. The fourth-order valence-electron chi connectivity index (χ4n) is 4.04. The van der Waals surface area contributed by atoms with E-state index in [-0.39, 0.29) is 22.5 Å². The number of hydrogen-bond acceptors (Lipinski definition) is 5. The van der Waals surface area contributed by atoms with Crippen molar-refractivity contribution < 1.29 is 13.3 Å². The monoisotopic (exact) mass is 403 g/mol. The molecule has 1 N–H and O–H groups in total. The predicted octanol–water partition coefficient (Wildman–Crippen LogP) is 3.58. The second-order valence-electron chi connectivity index (χ2n) is 7.09. The van der Waals surface area contributed by atoms with Crippen LogP contribution in [0.2, 0.25) is 0 Å². The van der Waals surface area contributed by atoms with Crippen LogP contribution >= 0.6 is 0 Å². The lowest BCUT2D eigenvalue weighted by Crippen LogP contribution is -2.32. The van der Waals surface area contributed by atoms with E-state index < -0.39 is 14.9 Å². The largest absolute Gasteiger partial charge is 0.362 e. The Hall–Kier alpha value is -2.45. The summed E-state index contributed by atoms with van der Waals surface area (Å²) in [4.78, 5) is 13.1. The van der Waals surface area contributed by atoms with E-state index in [0.717, 1.165) is 18.9 Å². The first-order valence-corrected chi connectivity index (χ1v) is 10.8. The molecule has 0 aliphatic carbocycles. The molecule has 1 saturated heterocycles. The standard InChI is InChI=1S/C20H25N3O4S/c1-4-18-17(15-7-5-14(2)6-8-15)11-12-22(18)19-10-9-16(28(26,27)21-3)13-20(19)23(24)25/h5-10,13,17-18,21H,4,11-12H2,1-3H3/t17-,18+/m1/s1. The van der Waals surface area contributed by atoms with Crippen LogP contribution in [0.15, 0.2) is 47.4 Å². The number of rotatable bonds is 6. The van der Waals surface area contributed by atoms with Crippen molar-refractivity contribution in [2.24, 2.45) is 0 Å². The fourth-order valence-corrected chi connectivity index (χ4v) is 4.79. The van der Waals surface area contributed by atoms with E-state index in [0.29, 0.717) is 12.2 Å². The van der Waals surface area contributed by atoms with E-state index in [1.165, 1.54) is 24.2 Å². The summed E-state index contributed by atoms with van der Waals surface area (Å²) < 4.78 is 26.3. The Bertz CT molecular complexity index is 973. The average molecular weight is 404 g/mol. The Morgan fingerprint density at radius 2 is 1.89 bits per heavy atom. The summed E-state index contributed by atoms with van der Waals surface area (Å²) in [6.07, 6.45) is 1.74. The second-order valence-corrected chi connectivity index (χ2v) is 8.98. The number of nitrogens with one attached hydrogen (secondary N) is 1. The van der Waals surface area contributed by atoms with Gasteiger partial charge in [-0.2, -0.15) is 0 Å². The van der Waals surface area contributed by atoms with Crippen LogP contribution in [0.1, 0.15) is 36.8 Å². The quantitative estimate of drug-likeness (QED) is 0.588. The van der Waals surface area contributed by atoms with Gasteiger partial charge in [0.2, 0.25) is 10.0 Å². The molecule has 1 aliphatic heterocycles. The van der Waals surface area contributed by atoms with Crippen LogP contribution in [0.25, 0.3) is 0 Å². The van der Waals surface area contributed by atoms with Crippen molar-refractivity contribution in [2.75, 3.05) is 18.5 Å². The number of nitro benzene ring substituents is 1. The molecule has 2 aromatic rings. The van der Waals surface area contributed by atoms with Crippen LogP contribution in [0.4, 0.5) is 11.4 Å². The molecule has 150 valence electrons. The highest BCUT2D eigenvalue weighted by Crippen LogP contribution is 2.42. The highest BCUT2D eigenvalue weighted by Gasteiger charge is 2.37. The Morgan fingerprint density at radius 1 is 1.21 bits per heavy atom. The lowest BCUT2D eigenvalue weighted by molar-refractivity contribution is -0.384. The van der Waals surface area contributed by atoms with Crippen molar-refractivity contribution in [3.8, 4) is 0 Å². The minimum absolute atomic E-state index is 0.104. The Balaban J connectivity index is 2.00. The van der Waals surface area contributed by atoms with Gasteiger partial charge in [0.15, 0.2) is 0 Å². The first-order valence-electron chi connectivity index (χ1n) is 9.33. The minimum Gasteiger partial charge on any atom is -0.362 e. The molecule has 2 atom stereocenters. The number of nitro groups is 1. The molecule has 2 aromatic carbocycles. The van der Waals surface area contributed by atoms with Crippen molar-refractivity contribution in [1.82, 2.24) is 4.72 Å². The molecular formula is C20H25N3O4S. The zero-order chi connectivity index (χ0) is 20.5. The molecule has 0 spiro atoms. The lowest BCUT2D eigenvalue weighted by atomic mass is 9.90. The summed E-state index contributed by atoms with van der Waals surface area (Å²) in [5.41, 5.74) is 2.72. The molecule has 8 heteroatoms. The van der Waals surface area contributed by atoms with Crippen LogP contribution in [-0.4, -0.2) is 33.0 Å². The van der Waals surface area contributed by atoms with Crippen molar-refractivity contribution >= 4 is 21.4 Å². The Labute approximate surface area is 165 Å². The molecule has 1 fully saturated rings. The number of benzene rings is 2. The molecule has 1 aliphatic rings. The van der Waals surface area contributed by atoms with Gasteiger partial charge in [-0.1, -0.05) is 36.8 Å². The Morgan fingerprint density at radius 3 is 2.46 bits per heavy atom. The molecule has 0 bridgehead atoms. The topological polar surface area (TPSA) is 92.6 Å². The first kappa shape index (κ1) is 20.3. The van der Waals surface area contributed by atoms with Crippen LogP contribution in [-0.2, 0) is 10.0 Å². The number of nitrogens with zero attached hydrogens (tertiary/aromatic N) is 2. The number of anilines is 1. The minimum atomic E-state index is -3.74. The third kappa shape index (κ3) is 3.74. The van der Waals surface area contributed by atoms with Gasteiger partial charge in [-0.05, 0) is 44.5 Å². The fraction of sp³-hybridized carbons (Fsp3) is 0.400. The van der Waals surface area contributed by atoms with Gasteiger partial charge in [0.25, 0.3) is 5.69 Å². The maximum Gasteiger partial charge on any atom is 0.293 e. The number of hydrogen-bond donors (Lipinski definition) is 1. The zero-order valence-electron chi connectivity index (χ0n) is 16.3. The Kier molecular flexibility index (Phi) is 5.71. The second kappa shape index (κ2) is 7.89. The third-order valence-corrected chi connectivity index (χ3v) is 6.91. The van der Waals surface area contributed by atoms with Gasteiger partial charge >= 0.3 is 0 Å². The maximum absolute atomic E-state index is 12.0. The summed E-state index contributed by atoms with van der Waals surface area (Å²) in [5.74, 6) is 0.283. The molecule has 1 heterocycles. The molecule has 7 nitrogen and oxygen atoms in total. The average Bonchev–Trinajstić information content (AvgIpc) is 3.11. The molecule has 0 unspecified atom stereocenters. The summed E-state index contributed by atoms with van der Waals surface area (Å²) in [7, 11) is -2.46. The van der Waals surface area contributed by atoms with Crippen molar-refractivity contribution in [2.45, 2.75) is 43.5 Å². The molecule has 0 aromatic heterocycles. The highest BCUT2D eigenvalue weighted by atomic mass is 32.2. The van der Waals surface area contributed by atoms with Crippen molar-refractivity contribution in [3.63, 3.8) is 0 Å². The molecule has 3 rings (SSSR count). The van der Waals surface area contributed by atoms with Crippen LogP contribution in [0.5, 0.6) is 0 Å². The molecule has 0 radical (unpaired) electrons. The lowest BCUT2D eigenvalue weighted by Gasteiger charge is -2.29. The summed E-state index contributed by atoms with van der Waals surface area (Å²) in [6, 6.07) is 12.7. The van der Waals surface area contributed by atoms with Gasteiger partial charge in [0.05, 0.1) is 9.82 Å². The zero-order valence-corrected chi connectivity index (χ0v) is 17.1. The maximum atomic E-state index is 12.0. The molecule has 0 saturated carbocycles. The van der Waals surface area contributed by atoms with Crippen LogP contribution in [0, 0.1) is 17.0 Å². The summed E-state index contributed by atoms with van der Waals surface area (Å²) in [5, 5.41) is 11.7. The van der Waals surface area contributed by atoms with E-state index in [4.69, 9.17) is 0 Å². The predicted molar refractivity (Wildman–Crippen MR) is 109 cm³/mol. The van der Waals surface area contributed by atoms with E-state index in [1.807, 2.05) is 6.92 Å². The van der Waals surface area contributed by atoms with Gasteiger partial charge in [0.1, 0.15) is 5.69 Å². The van der Waals surface area contributed by atoms with Gasteiger partial charge in [-0.15, -0.1) is 0 Å². The first-order chi connectivity index (χ1) is 13.3. The SMILES string of the molecule is CC[C@H]1[C@@H](c2ccc(C)cc2)CCN1c1ccc(S(=O)(=O)NC)cc1[N+](=O)[O-]. The van der Waals surface area contributed by atoms with Crippen LogP contribution in [0.3, 0.4) is 0 Å². The van der Waals surface area contributed by atoms with E-state index in [9.17, 15) is 18.5 Å². The molecular weight excluding hydrogens is 378 g/mol. The van der Waals surface area contributed by atoms with Gasteiger partial charge < -0.3 is 4.90 Å².